The molecule has 10 nitrogen and oxygen atoms in total. The average Bonchev–Trinajstić information content (AvgIpc) is 3.36. The van der Waals surface area contributed by atoms with E-state index in [2.05, 4.69) is 4.98 Å². The SMILES string of the molecule is O=C1CCCN1CCOc1ccc(C(=O)N2C[C@H](O)[C@@H](n3cc(Cl)c(=O)[nH]c3=O)C2)cc1. The average molecular weight is 463 g/mol. The summed E-state index contributed by atoms with van der Waals surface area (Å²) in [6, 6.07) is 5.88. The minimum Gasteiger partial charge on any atom is -0.492 e. The van der Waals surface area contributed by atoms with E-state index in [9.17, 15) is 24.3 Å². The Hall–Kier alpha value is -3.11. The molecule has 0 unspecified atom stereocenters. The zero-order valence-corrected chi connectivity index (χ0v) is 18.0. The molecule has 2 aliphatic heterocycles. The molecule has 0 aliphatic carbocycles. The largest absolute Gasteiger partial charge is 0.492 e. The number of hydrogen-bond donors (Lipinski definition) is 2. The zero-order chi connectivity index (χ0) is 22.8. The molecule has 3 heterocycles. The molecule has 2 fully saturated rings. The van der Waals surface area contributed by atoms with E-state index in [4.69, 9.17) is 16.3 Å². The van der Waals surface area contributed by atoms with Gasteiger partial charge in [0.25, 0.3) is 11.5 Å². The van der Waals surface area contributed by atoms with E-state index in [0.717, 1.165) is 17.5 Å². The molecule has 2 atom stereocenters. The number of aromatic amines is 1. The lowest BCUT2D eigenvalue weighted by Crippen LogP contribution is -2.36. The van der Waals surface area contributed by atoms with Gasteiger partial charge in [-0.2, -0.15) is 0 Å². The van der Waals surface area contributed by atoms with Crippen LogP contribution in [0.15, 0.2) is 40.1 Å². The van der Waals surface area contributed by atoms with E-state index < -0.39 is 23.4 Å². The van der Waals surface area contributed by atoms with Gasteiger partial charge in [0.1, 0.15) is 17.4 Å². The fraction of sp³-hybridized carbons (Fsp3) is 0.429. The number of aliphatic hydroxyl groups excluding tert-OH is 1. The Morgan fingerprint density at radius 3 is 2.62 bits per heavy atom. The van der Waals surface area contributed by atoms with Crippen molar-refractivity contribution in [3.05, 3.63) is 61.9 Å². The summed E-state index contributed by atoms with van der Waals surface area (Å²) in [5.41, 5.74) is -0.996. The number of likely N-dealkylation sites (tertiary alicyclic amines) is 2. The van der Waals surface area contributed by atoms with Gasteiger partial charge in [0.2, 0.25) is 5.91 Å². The van der Waals surface area contributed by atoms with Gasteiger partial charge in [-0.3, -0.25) is 23.9 Å². The highest BCUT2D eigenvalue weighted by atomic mass is 35.5. The third-order valence-corrected chi connectivity index (χ3v) is 6.00. The quantitative estimate of drug-likeness (QED) is 0.634. The first-order chi connectivity index (χ1) is 15.3. The molecule has 1 aromatic carbocycles. The van der Waals surface area contributed by atoms with Crippen molar-refractivity contribution in [2.45, 2.75) is 25.0 Å². The van der Waals surface area contributed by atoms with Crippen LogP contribution in [0.4, 0.5) is 0 Å². The smallest absolute Gasteiger partial charge is 0.328 e. The molecule has 0 saturated carbocycles. The second-order valence-corrected chi connectivity index (χ2v) is 8.25. The summed E-state index contributed by atoms with van der Waals surface area (Å²) in [4.78, 5) is 53.4. The van der Waals surface area contributed by atoms with E-state index in [1.165, 1.54) is 11.1 Å². The van der Waals surface area contributed by atoms with Crippen molar-refractivity contribution in [1.82, 2.24) is 19.4 Å². The summed E-state index contributed by atoms with van der Waals surface area (Å²) in [5, 5.41) is 10.2. The van der Waals surface area contributed by atoms with Crippen LogP contribution in [0.25, 0.3) is 0 Å². The maximum atomic E-state index is 12.9. The Kier molecular flexibility index (Phi) is 6.33. The number of nitrogens with zero attached hydrogens (tertiary/aromatic N) is 3. The number of amides is 2. The number of ether oxygens (including phenoxy) is 1. The van der Waals surface area contributed by atoms with Gasteiger partial charge < -0.3 is 19.6 Å². The molecule has 0 radical (unpaired) electrons. The van der Waals surface area contributed by atoms with Crippen LogP contribution in [0.5, 0.6) is 5.75 Å². The van der Waals surface area contributed by atoms with Crippen LogP contribution in [0.3, 0.4) is 0 Å². The van der Waals surface area contributed by atoms with Gasteiger partial charge in [-0.1, -0.05) is 11.6 Å². The van der Waals surface area contributed by atoms with Crippen molar-refractivity contribution in [2.75, 3.05) is 32.8 Å². The summed E-state index contributed by atoms with van der Waals surface area (Å²) >= 11 is 5.80. The van der Waals surface area contributed by atoms with Gasteiger partial charge in [0.05, 0.1) is 18.7 Å². The number of nitrogens with one attached hydrogen (secondary N) is 1. The highest BCUT2D eigenvalue weighted by molar-refractivity contribution is 6.30. The molecule has 2 aliphatic rings. The number of carbonyl (C=O) groups is 2. The van der Waals surface area contributed by atoms with Crippen LogP contribution in [0.1, 0.15) is 29.2 Å². The molecule has 4 rings (SSSR count). The maximum absolute atomic E-state index is 12.9. The number of hydrogen-bond acceptors (Lipinski definition) is 6. The summed E-state index contributed by atoms with van der Waals surface area (Å²) in [6.45, 7) is 1.78. The first-order valence-corrected chi connectivity index (χ1v) is 10.7. The number of benzene rings is 1. The summed E-state index contributed by atoms with van der Waals surface area (Å²) < 4.78 is 6.81. The highest BCUT2D eigenvalue weighted by Gasteiger charge is 2.36. The molecule has 2 saturated heterocycles. The van der Waals surface area contributed by atoms with Crippen molar-refractivity contribution in [3.8, 4) is 5.75 Å². The monoisotopic (exact) mass is 462 g/mol. The van der Waals surface area contributed by atoms with Gasteiger partial charge in [-0.15, -0.1) is 0 Å². The Morgan fingerprint density at radius 1 is 1.19 bits per heavy atom. The molecule has 2 aromatic rings. The third-order valence-electron chi connectivity index (χ3n) is 5.73. The van der Waals surface area contributed by atoms with Crippen molar-refractivity contribution in [1.29, 1.82) is 0 Å². The molecule has 32 heavy (non-hydrogen) atoms. The van der Waals surface area contributed by atoms with Crippen LogP contribution in [-0.4, -0.2) is 75.2 Å². The summed E-state index contributed by atoms with van der Waals surface area (Å²) in [6.07, 6.45) is 1.65. The molecule has 170 valence electrons. The topological polar surface area (TPSA) is 125 Å². The highest BCUT2D eigenvalue weighted by Crippen LogP contribution is 2.24. The molecule has 0 bridgehead atoms. The fourth-order valence-corrected chi connectivity index (χ4v) is 4.16. The Morgan fingerprint density at radius 2 is 1.94 bits per heavy atom. The number of aromatic nitrogens is 2. The minimum atomic E-state index is -0.991. The van der Waals surface area contributed by atoms with Gasteiger partial charge in [0, 0.05) is 37.8 Å². The van der Waals surface area contributed by atoms with E-state index in [-0.39, 0.29) is 29.9 Å². The number of β-amino-alcohol motifs (C(OH)–C–C–N with tert-alkyl or cyclic N) is 1. The van der Waals surface area contributed by atoms with E-state index in [0.29, 0.717) is 30.9 Å². The van der Waals surface area contributed by atoms with E-state index in [1.807, 2.05) is 0 Å². The molecular formula is C21H23ClN4O6. The number of aliphatic hydroxyl groups is 1. The van der Waals surface area contributed by atoms with Gasteiger partial charge in [0.15, 0.2) is 0 Å². The molecule has 11 heteroatoms. The van der Waals surface area contributed by atoms with Gasteiger partial charge in [-0.25, -0.2) is 4.79 Å². The number of carbonyl (C=O) groups excluding carboxylic acids is 2. The standard InChI is InChI=1S/C21H23ClN4O6/c22-15-10-26(21(31)23-19(15)29)16-11-25(12-17(16)27)20(30)13-3-5-14(6-4-13)32-9-8-24-7-1-2-18(24)28/h3-6,10,16-17,27H,1-2,7-9,11-12H2,(H,23,29,31)/t16-,17-/m0/s1. The first-order valence-electron chi connectivity index (χ1n) is 10.3. The Balaban J connectivity index is 1.37. The maximum Gasteiger partial charge on any atom is 0.328 e. The third kappa shape index (κ3) is 4.56. The second-order valence-electron chi connectivity index (χ2n) is 7.85. The predicted octanol–water partition coefficient (Wildman–Crippen LogP) is 0.249. The number of rotatable bonds is 6. The summed E-state index contributed by atoms with van der Waals surface area (Å²) in [7, 11) is 0. The first kappa shape index (κ1) is 22.1. The number of H-pyrrole nitrogens is 1. The fourth-order valence-electron chi connectivity index (χ4n) is 4.01. The van der Waals surface area contributed by atoms with Crippen molar-refractivity contribution >= 4 is 23.4 Å². The molecule has 2 N–H and O–H groups in total. The molecule has 0 spiro atoms. The minimum absolute atomic E-state index is 0.0365. The van der Waals surface area contributed by atoms with E-state index in [1.54, 1.807) is 29.2 Å². The van der Waals surface area contributed by atoms with E-state index >= 15 is 0 Å². The Bertz CT molecular complexity index is 1130. The second kappa shape index (κ2) is 9.17. The molecule has 1 aromatic heterocycles. The van der Waals surface area contributed by atoms with Crippen LogP contribution in [0.2, 0.25) is 5.02 Å². The lowest BCUT2D eigenvalue weighted by atomic mass is 10.2. The number of halogens is 1. The zero-order valence-electron chi connectivity index (χ0n) is 17.2. The van der Waals surface area contributed by atoms with Crippen LogP contribution >= 0.6 is 11.6 Å². The lowest BCUT2D eigenvalue weighted by Gasteiger charge is -2.18. The van der Waals surface area contributed by atoms with Crippen LogP contribution in [0, 0.1) is 0 Å². The van der Waals surface area contributed by atoms with Crippen molar-refractivity contribution < 1.29 is 19.4 Å². The van der Waals surface area contributed by atoms with Crippen LogP contribution < -0.4 is 16.0 Å². The predicted molar refractivity (Wildman–Crippen MR) is 115 cm³/mol. The molecule has 2 amide bonds. The van der Waals surface area contributed by atoms with Gasteiger partial charge in [-0.05, 0) is 30.7 Å². The molecular weight excluding hydrogens is 440 g/mol. The summed E-state index contributed by atoms with van der Waals surface area (Å²) in [5.74, 6) is 0.429. The van der Waals surface area contributed by atoms with Crippen LogP contribution in [-0.2, 0) is 4.79 Å². The normalized spacial score (nSPS) is 20.8. The van der Waals surface area contributed by atoms with Gasteiger partial charge >= 0.3 is 5.69 Å². The Labute approximate surface area is 188 Å². The van der Waals surface area contributed by atoms with Crippen molar-refractivity contribution in [2.24, 2.45) is 0 Å². The lowest BCUT2D eigenvalue weighted by molar-refractivity contribution is -0.128. The van der Waals surface area contributed by atoms with Crippen molar-refractivity contribution in [3.63, 3.8) is 0 Å².